The molecule has 1 amide bonds. The van der Waals surface area contributed by atoms with Gasteiger partial charge >= 0.3 is 5.63 Å². The lowest BCUT2D eigenvalue weighted by molar-refractivity contribution is 0.0978. The van der Waals surface area contributed by atoms with E-state index in [4.69, 9.17) is 39.8 Å². The monoisotopic (exact) mass is 392 g/mol. The fraction of sp³-hybridized carbons (Fsp3) is 0. The molecule has 8 heteroatoms. The molecule has 0 aliphatic heterocycles. The topological polar surface area (TPSA) is 71.3 Å². The van der Waals surface area contributed by atoms with Crippen molar-refractivity contribution in [2.75, 3.05) is 5.32 Å². The first-order valence-corrected chi connectivity index (χ1v) is 8.20. The molecule has 3 aromatic rings. The molecular formula is C17H10Cl2N2O3S. The molecule has 0 atom stereocenters. The number of fused-ring (bicyclic) bond motifs is 1. The molecule has 5 nitrogen and oxygen atoms in total. The summed E-state index contributed by atoms with van der Waals surface area (Å²) in [4.78, 5) is 23.4. The summed E-state index contributed by atoms with van der Waals surface area (Å²) in [5.41, 5.74) is 0.932. The minimum Gasteiger partial charge on any atom is -0.423 e. The highest BCUT2D eigenvalue weighted by Crippen LogP contribution is 2.21. The zero-order valence-electron chi connectivity index (χ0n) is 12.5. The summed E-state index contributed by atoms with van der Waals surface area (Å²) < 4.78 is 5.06. The standard InChI is InChI=1S/C17H10Cl2N2O3S/c18-10-2-4-12(13(19)8-10)16(23)21-17(25)20-11-3-5-14-9(7-11)1-6-15(22)24-14/h1-8H,(H2,20,21,23,25). The predicted octanol–water partition coefficient (Wildman–Crippen LogP) is 4.23. The maximum absolute atomic E-state index is 12.2. The van der Waals surface area contributed by atoms with E-state index in [1.807, 2.05) is 0 Å². The van der Waals surface area contributed by atoms with Gasteiger partial charge in [-0.1, -0.05) is 23.2 Å². The lowest BCUT2D eigenvalue weighted by Gasteiger charge is -2.11. The van der Waals surface area contributed by atoms with Crippen molar-refractivity contribution in [1.82, 2.24) is 5.32 Å². The first kappa shape index (κ1) is 17.4. The van der Waals surface area contributed by atoms with Gasteiger partial charge in [0, 0.05) is 22.2 Å². The molecule has 1 heterocycles. The number of hydrogen-bond donors (Lipinski definition) is 2. The van der Waals surface area contributed by atoms with Gasteiger partial charge in [0.1, 0.15) is 5.58 Å². The van der Waals surface area contributed by atoms with E-state index in [9.17, 15) is 9.59 Å². The summed E-state index contributed by atoms with van der Waals surface area (Å²) in [5, 5.41) is 6.92. The average molecular weight is 393 g/mol. The Balaban J connectivity index is 1.72. The molecule has 0 saturated carbocycles. The molecule has 1 aromatic heterocycles. The van der Waals surface area contributed by atoms with Crippen molar-refractivity contribution in [2.45, 2.75) is 0 Å². The Morgan fingerprint density at radius 2 is 1.84 bits per heavy atom. The van der Waals surface area contributed by atoms with Crippen LogP contribution in [-0.4, -0.2) is 11.0 Å². The van der Waals surface area contributed by atoms with Crippen LogP contribution in [0.25, 0.3) is 11.0 Å². The van der Waals surface area contributed by atoms with E-state index in [-0.39, 0.29) is 15.7 Å². The molecule has 2 N–H and O–H groups in total. The lowest BCUT2D eigenvalue weighted by atomic mass is 10.2. The number of benzene rings is 2. The maximum Gasteiger partial charge on any atom is 0.336 e. The predicted molar refractivity (Wildman–Crippen MR) is 103 cm³/mol. The van der Waals surface area contributed by atoms with Gasteiger partial charge in [0.2, 0.25) is 0 Å². The average Bonchev–Trinajstić information content (AvgIpc) is 2.54. The molecule has 0 radical (unpaired) electrons. The van der Waals surface area contributed by atoms with Crippen LogP contribution in [0.3, 0.4) is 0 Å². The molecule has 0 bridgehead atoms. The summed E-state index contributed by atoms with van der Waals surface area (Å²) in [6, 6.07) is 12.6. The number of amides is 1. The van der Waals surface area contributed by atoms with Gasteiger partial charge in [-0.05, 0) is 54.7 Å². The highest BCUT2D eigenvalue weighted by atomic mass is 35.5. The molecule has 2 aromatic carbocycles. The molecule has 25 heavy (non-hydrogen) atoms. The first-order valence-electron chi connectivity index (χ1n) is 7.04. The van der Waals surface area contributed by atoms with Crippen LogP contribution < -0.4 is 16.3 Å². The van der Waals surface area contributed by atoms with Crippen LogP contribution in [0.15, 0.2) is 57.7 Å². The minimum absolute atomic E-state index is 0.104. The number of halogens is 2. The fourth-order valence-corrected chi connectivity index (χ4v) is 2.86. The number of nitrogens with one attached hydrogen (secondary N) is 2. The van der Waals surface area contributed by atoms with E-state index >= 15 is 0 Å². The van der Waals surface area contributed by atoms with Crippen molar-refractivity contribution in [3.05, 3.63) is 74.6 Å². The SMILES string of the molecule is O=C(NC(=S)Nc1ccc2oc(=O)ccc2c1)c1ccc(Cl)cc1Cl. The summed E-state index contributed by atoms with van der Waals surface area (Å²) in [7, 11) is 0. The van der Waals surface area contributed by atoms with E-state index in [0.29, 0.717) is 16.3 Å². The molecule has 126 valence electrons. The van der Waals surface area contributed by atoms with Gasteiger partial charge in [-0.2, -0.15) is 0 Å². The van der Waals surface area contributed by atoms with Crippen molar-refractivity contribution in [1.29, 1.82) is 0 Å². The Labute approximate surface area is 157 Å². The van der Waals surface area contributed by atoms with Gasteiger partial charge < -0.3 is 9.73 Å². The van der Waals surface area contributed by atoms with Crippen LogP contribution in [0.1, 0.15) is 10.4 Å². The third-order valence-electron chi connectivity index (χ3n) is 3.28. The van der Waals surface area contributed by atoms with E-state index in [2.05, 4.69) is 10.6 Å². The van der Waals surface area contributed by atoms with Crippen molar-refractivity contribution in [3.63, 3.8) is 0 Å². The van der Waals surface area contributed by atoms with Crippen molar-refractivity contribution in [2.24, 2.45) is 0 Å². The van der Waals surface area contributed by atoms with Gasteiger partial charge in [0.05, 0.1) is 10.6 Å². The highest BCUT2D eigenvalue weighted by Gasteiger charge is 2.12. The van der Waals surface area contributed by atoms with Crippen LogP contribution in [0, 0.1) is 0 Å². The zero-order chi connectivity index (χ0) is 18.0. The smallest absolute Gasteiger partial charge is 0.336 e. The van der Waals surface area contributed by atoms with Crippen molar-refractivity contribution >= 4 is 63.1 Å². The third kappa shape index (κ3) is 4.17. The molecule has 0 aliphatic rings. The normalized spacial score (nSPS) is 10.5. The quantitative estimate of drug-likeness (QED) is 0.504. The van der Waals surface area contributed by atoms with Crippen LogP contribution >= 0.6 is 35.4 Å². The molecular weight excluding hydrogens is 383 g/mol. The molecule has 0 spiro atoms. The maximum atomic E-state index is 12.2. The Hall–Kier alpha value is -2.41. The second-order valence-electron chi connectivity index (χ2n) is 5.04. The van der Waals surface area contributed by atoms with Crippen molar-refractivity contribution < 1.29 is 9.21 Å². The second-order valence-corrected chi connectivity index (χ2v) is 6.29. The first-order chi connectivity index (χ1) is 11.9. The summed E-state index contributed by atoms with van der Waals surface area (Å²) >= 11 is 17.0. The summed E-state index contributed by atoms with van der Waals surface area (Å²) in [6.07, 6.45) is 0. The molecule has 3 rings (SSSR count). The summed E-state index contributed by atoms with van der Waals surface area (Å²) in [6.45, 7) is 0. The fourth-order valence-electron chi connectivity index (χ4n) is 2.16. The summed E-state index contributed by atoms with van der Waals surface area (Å²) in [5.74, 6) is -0.453. The van der Waals surface area contributed by atoms with Crippen molar-refractivity contribution in [3.8, 4) is 0 Å². The molecule has 0 aliphatic carbocycles. The van der Waals surface area contributed by atoms with Gasteiger partial charge in [0.15, 0.2) is 5.11 Å². The Bertz CT molecular complexity index is 1050. The van der Waals surface area contributed by atoms with E-state index in [0.717, 1.165) is 5.39 Å². The van der Waals surface area contributed by atoms with E-state index in [1.54, 1.807) is 30.3 Å². The molecule has 0 saturated heterocycles. The number of carbonyl (C=O) groups is 1. The lowest BCUT2D eigenvalue weighted by Crippen LogP contribution is -2.34. The van der Waals surface area contributed by atoms with Crippen LogP contribution in [0.5, 0.6) is 0 Å². The van der Waals surface area contributed by atoms with E-state index in [1.165, 1.54) is 18.2 Å². The molecule has 0 fully saturated rings. The second kappa shape index (κ2) is 7.23. The number of carbonyl (C=O) groups excluding carboxylic acids is 1. The third-order valence-corrected chi connectivity index (χ3v) is 4.03. The number of rotatable bonds is 2. The van der Waals surface area contributed by atoms with Gasteiger partial charge in [-0.15, -0.1) is 0 Å². The van der Waals surface area contributed by atoms with Crippen LogP contribution in [0.2, 0.25) is 10.0 Å². The molecule has 0 unspecified atom stereocenters. The van der Waals surface area contributed by atoms with Gasteiger partial charge in [-0.25, -0.2) is 4.79 Å². The van der Waals surface area contributed by atoms with Crippen LogP contribution in [-0.2, 0) is 0 Å². The van der Waals surface area contributed by atoms with Crippen LogP contribution in [0.4, 0.5) is 5.69 Å². The number of thiocarbonyl (C=S) groups is 1. The number of hydrogen-bond acceptors (Lipinski definition) is 4. The largest absolute Gasteiger partial charge is 0.423 e. The Kier molecular flexibility index (Phi) is 5.03. The minimum atomic E-state index is -0.453. The Morgan fingerprint density at radius 1 is 1.04 bits per heavy atom. The van der Waals surface area contributed by atoms with Gasteiger partial charge in [0.25, 0.3) is 5.91 Å². The van der Waals surface area contributed by atoms with Gasteiger partial charge in [-0.3, -0.25) is 10.1 Å². The van der Waals surface area contributed by atoms with E-state index < -0.39 is 11.5 Å². The highest BCUT2D eigenvalue weighted by molar-refractivity contribution is 7.80. The Morgan fingerprint density at radius 3 is 2.60 bits per heavy atom. The zero-order valence-corrected chi connectivity index (χ0v) is 14.8. The number of anilines is 1.